The van der Waals surface area contributed by atoms with Crippen molar-refractivity contribution in [1.82, 2.24) is 0 Å². The number of ether oxygens (including phenoxy) is 1. The Labute approximate surface area is 252 Å². The number of aryl methyl sites for hydroxylation is 1. The summed E-state index contributed by atoms with van der Waals surface area (Å²) in [6, 6.07) is 18.7. The van der Waals surface area contributed by atoms with Gasteiger partial charge >= 0.3 is 0 Å². The summed E-state index contributed by atoms with van der Waals surface area (Å²) >= 11 is 21.2. The standard InChI is InChI=1S/C29H22Br2Cl2N2O2S/c30-19-12-18(27(23(31)13-19)37-16-17-10-11-20(32)14-24(17)33)15-34-29-26(22-8-4-5-9-25(22)38-29)28(36)35-21-6-2-1-3-7-21/h1-3,6-7,10-15H,4-5,8-9,16H2,(H,35,36). The maximum absolute atomic E-state index is 13.4. The third kappa shape index (κ3) is 6.35. The number of para-hydroxylation sites is 1. The molecular formula is C29H22Br2Cl2N2O2S. The number of halogens is 4. The lowest BCUT2D eigenvalue weighted by molar-refractivity contribution is 0.102. The zero-order valence-electron chi connectivity index (χ0n) is 20.1. The second kappa shape index (κ2) is 12.3. The minimum Gasteiger partial charge on any atom is -0.487 e. The molecule has 1 N–H and O–H groups in total. The minimum absolute atomic E-state index is 0.132. The molecule has 0 bridgehead atoms. The van der Waals surface area contributed by atoms with Crippen LogP contribution in [0.25, 0.3) is 0 Å². The summed E-state index contributed by atoms with van der Waals surface area (Å²) in [5, 5.41) is 4.86. The summed E-state index contributed by atoms with van der Waals surface area (Å²) in [7, 11) is 0. The summed E-state index contributed by atoms with van der Waals surface area (Å²) in [4.78, 5) is 19.5. The fourth-order valence-corrected chi connectivity index (χ4v) is 7.40. The lowest BCUT2D eigenvalue weighted by Crippen LogP contribution is -2.14. The van der Waals surface area contributed by atoms with Crippen LogP contribution in [0.15, 0.2) is 74.6 Å². The first-order valence-electron chi connectivity index (χ1n) is 12.0. The Morgan fingerprint density at radius 1 is 1.05 bits per heavy atom. The van der Waals surface area contributed by atoms with Gasteiger partial charge in [0.1, 0.15) is 17.4 Å². The number of aliphatic imine (C=N–C) groups is 1. The van der Waals surface area contributed by atoms with Crippen LogP contribution in [0.5, 0.6) is 5.75 Å². The number of anilines is 1. The van der Waals surface area contributed by atoms with Gasteiger partial charge in [-0.3, -0.25) is 4.79 Å². The molecular weight excluding hydrogens is 671 g/mol. The molecule has 1 aliphatic carbocycles. The highest BCUT2D eigenvalue weighted by molar-refractivity contribution is 9.11. The topological polar surface area (TPSA) is 50.7 Å². The smallest absolute Gasteiger partial charge is 0.259 e. The van der Waals surface area contributed by atoms with Gasteiger partial charge in [-0.2, -0.15) is 0 Å². The van der Waals surface area contributed by atoms with Gasteiger partial charge in [-0.15, -0.1) is 11.3 Å². The van der Waals surface area contributed by atoms with Crippen molar-refractivity contribution >= 4 is 89.2 Å². The number of fused-ring (bicyclic) bond motifs is 1. The van der Waals surface area contributed by atoms with Gasteiger partial charge in [-0.05, 0) is 83.6 Å². The summed E-state index contributed by atoms with van der Waals surface area (Å²) in [6.45, 7) is 0.259. The van der Waals surface area contributed by atoms with Crippen LogP contribution >= 0.6 is 66.4 Å². The first-order valence-corrected chi connectivity index (χ1v) is 15.2. The maximum atomic E-state index is 13.4. The number of rotatable bonds is 7. The van der Waals surface area contributed by atoms with Crippen molar-refractivity contribution < 1.29 is 9.53 Å². The lowest BCUT2D eigenvalue weighted by atomic mass is 9.95. The molecule has 0 saturated carbocycles. The van der Waals surface area contributed by atoms with E-state index in [1.807, 2.05) is 48.5 Å². The summed E-state index contributed by atoms with van der Waals surface area (Å²) in [5.74, 6) is 0.492. The Balaban J connectivity index is 1.47. The third-order valence-corrected chi connectivity index (χ3v) is 8.99. The van der Waals surface area contributed by atoms with E-state index in [1.165, 1.54) is 4.88 Å². The Morgan fingerprint density at radius 3 is 2.63 bits per heavy atom. The van der Waals surface area contributed by atoms with E-state index in [0.29, 0.717) is 26.4 Å². The number of nitrogens with zero attached hydrogens (tertiary/aromatic N) is 1. The average Bonchev–Trinajstić information content (AvgIpc) is 3.27. The predicted octanol–water partition coefficient (Wildman–Crippen LogP) is 10.0. The predicted molar refractivity (Wildman–Crippen MR) is 165 cm³/mol. The SMILES string of the molecule is O=C(Nc1ccccc1)c1c(N=Cc2cc(Br)cc(Br)c2OCc2ccc(Cl)cc2Cl)sc2c1CCCC2. The zero-order valence-corrected chi connectivity index (χ0v) is 25.6. The number of hydrogen-bond donors (Lipinski definition) is 1. The summed E-state index contributed by atoms with van der Waals surface area (Å²) < 4.78 is 7.83. The molecule has 38 heavy (non-hydrogen) atoms. The van der Waals surface area contributed by atoms with Gasteiger partial charge in [0.2, 0.25) is 0 Å². The van der Waals surface area contributed by atoms with E-state index >= 15 is 0 Å². The van der Waals surface area contributed by atoms with Crippen molar-refractivity contribution in [2.45, 2.75) is 32.3 Å². The molecule has 194 valence electrons. The van der Waals surface area contributed by atoms with Crippen molar-refractivity contribution in [3.63, 3.8) is 0 Å². The summed E-state index contributed by atoms with van der Waals surface area (Å²) in [5.41, 5.74) is 4.12. The zero-order chi connectivity index (χ0) is 26.6. The van der Waals surface area contributed by atoms with E-state index in [1.54, 1.807) is 29.7 Å². The van der Waals surface area contributed by atoms with Crippen LogP contribution in [0.3, 0.4) is 0 Å². The van der Waals surface area contributed by atoms with Crippen molar-refractivity contribution in [3.05, 3.63) is 107 Å². The van der Waals surface area contributed by atoms with Crippen LogP contribution in [0.4, 0.5) is 10.7 Å². The van der Waals surface area contributed by atoms with Crippen LogP contribution in [0.2, 0.25) is 10.0 Å². The fraction of sp³-hybridized carbons (Fsp3) is 0.172. The van der Waals surface area contributed by atoms with E-state index in [-0.39, 0.29) is 12.5 Å². The van der Waals surface area contributed by atoms with Gasteiger partial charge in [-0.25, -0.2) is 4.99 Å². The quantitative estimate of drug-likeness (QED) is 0.196. The van der Waals surface area contributed by atoms with Gasteiger partial charge in [0.05, 0.1) is 10.0 Å². The molecule has 4 nitrogen and oxygen atoms in total. The van der Waals surface area contributed by atoms with Gasteiger partial charge < -0.3 is 10.1 Å². The Hall–Kier alpha value is -2.16. The normalized spacial score (nSPS) is 12.9. The minimum atomic E-state index is -0.132. The van der Waals surface area contributed by atoms with Crippen molar-refractivity contribution in [1.29, 1.82) is 0 Å². The molecule has 1 aliphatic rings. The van der Waals surface area contributed by atoms with Crippen LogP contribution in [-0.4, -0.2) is 12.1 Å². The molecule has 0 spiro atoms. The second-order valence-electron chi connectivity index (χ2n) is 8.80. The van der Waals surface area contributed by atoms with Crippen LogP contribution in [0.1, 0.15) is 44.8 Å². The van der Waals surface area contributed by atoms with Gasteiger partial charge in [-0.1, -0.05) is 63.4 Å². The highest BCUT2D eigenvalue weighted by Crippen LogP contribution is 2.41. The number of amides is 1. The molecule has 0 radical (unpaired) electrons. The number of carbonyl (C=O) groups is 1. The molecule has 1 heterocycles. The molecule has 1 aromatic heterocycles. The van der Waals surface area contributed by atoms with Gasteiger partial charge in [0, 0.05) is 42.4 Å². The molecule has 5 rings (SSSR count). The molecule has 3 aromatic carbocycles. The van der Waals surface area contributed by atoms with E-state index < -0.39 is 0 Å². The van der Waals surface area contributed by atoms with Gasteiger partial charge in [0.25, 0.3) is 5.91 Å². The van der Waals surface area contributed by atoms with E-state index in [2.05, 4.69) is 37.2 Å². The van der Waals surface area contributed by atoms with Crippen molar-refractivity contribution in [3.8, 4) is 5.75 Å². The maximum Gasteiger partial charge on any atom is 0.259 e. The van der Waals surface area contributed by atoms with E-state index in [9.17, 15) is 4.79 Å². The van der Waals surface area contributed by atoms with Gasteiger partial charge in [0.15, 0.2) is 0 Å². The van der Waals surface area contributed by atoms with E-state index in [4.69, 9.17) is 32.9 Å². The molecule has 1 amide bonds. The Morgan fingerprint density at radius 2 is 1.84 bits per heavy atom. The number of nitrogens with one attached hydrogen (secondary N) is 1. The van der Waals surface area contributed by atoms with Crippen LogP contribution in [-0.2, 0) is 19.4 Å². The van der Waals surface area contributed by atoms with Crippen LogP contribution < -0.4 is 10.1 Å². The third-order valence-electron chi connectivity index (χ3n) is 6.16. The molecule has 0 fully saturated rings. The first kappa shape index (κ1) is 27.4. The molecule has 0 atom stereocenters. The lowest BCUT2D eigenvalue weighted by Gasteiger charge is -2.13. The Kier molecular flexibility index (Phi) is 8.91. The van der Waals surface area contributed by atoms with Crippen molar-refractivity contribution in [2.24, 2.45) is 4.99 Å². The molecule has 0 saturated heterocycles. The first-order chi connectivity index (χ1) is 18.4. The molecule has 9 heteroatoms. The Bertz CT molecular complexity index is 1520. The highest BCUT2D eigenvalue weighted by Gasteiger charge is 2.25. The van der Waals surface area contributed by atoms with E-state index in [0.717, 1.165) is 57.0 Å². The summed E-state index contributed by atoms with van der Waals surface area (Å²) in [6.07, 6.45) is 5.81. The second-order valence-corrected chi connectivity index (χ2v) is 12.5. The average molecular weight is 693 g/mol. The highest BCUT2D eigenvalue weighted by atomic mass is 79.9. The number of benzene rings is 3. The van der Waals surface area contributed by atoms with Crippen molar-refractivity contribution in [2.75, 3.05) is 5.32 Å². The molecule has 0 aliphatic heterocycles. The van der Waals surface area contributed by atoms with Crippen LogP contribution in [0, 0.1) is 0 Å². The monoisotopic (exact) mass is 690 g/mol. The fourth-order valence-electron chi connectivity index (χ4n) is 4.34. The number of carbonyl (C=O) groups excluding carboxylic acids is 1. The number of thiophene rings is 1. The molecule has 0 unspecified atom stereocenters. The number of hydrogen-bond acceptors (Lipinski definition) is 4. The largest absolute Gasteiger partial charge is 0.487 e. The molecule has 4 aromatic rings.